The summed E-state index contributed by atoms with van der Waals surface area (Å²) in [7, 11) is 0. The van der Waals surface area contributed by atoms with Crippen LogP contribution in [0.4, 0.5) is 0 Å². The highest BCUT2D eigenvalue weighted by atomic mass is 16.1. The molecule has 0 saturated carbocycles. The number of benzene rings is 1. The zero-order valence-corrected chi connectivity index (χ0v) is 8.29. The largest absolute Gasteiger partial charge is 0.350 e. The van der Waals surface area contributed by atoms with Gasteiger partial charge in [-0.2, -0.15) is 0 Å². The van der Waals surface area contributed by atoms with Gasteiger partial charge in [0.15, 0.2) is 0 Å². The van der Waals surface area contributed by atoms with Crippen molar-refractivity contribution in [3.63, 3.8) is 0 Å². The van der Waals surface area contributed by atoms with E-state index < -0.39 is 12.9 Å². The maximum atomic E-state index is 11.8. The van der Waals surface area contributed by atoms with Crippen LogP contribution in [0.15, 0.2) is 30.3 Å². The summed E-state index contributed by atoms with van der Waals surface area (Å²) in [6.07, 6.45) is 1.17. The van der Waals surface area contributed by atoms with Crippen LogP contribution < -0.4 is 5.32 Å². The third-order valence-electron chi connectivity index (χ3n) is 1.92. The molecule has 2 heteroatoms. The van der Waals surface area contributed by atoms with Gasteiger partial charge in [0, 0.05) is 15.7 Å². The minimum absolute atomic E-state index is 0.333. The summed E-state index contributed by atoms with van der Waals surface area (Å²) in [6, 6.07) is 7.86. The molecule has 0 aliphatic carbocycles. The molecule has 0 spiro atoms. The van der Waals surface area contributed by atoms with E-state index in [2.05, 4.69) is 5.32 Å². The first kappa shape index (κ1) is 7.04. The van der Waals surface area contributed by atoms with E-state index in [1.165, 1.54) is 0 Å². The average molecular weight is 194 g/mol. The second-order valence-corrected chi connectivity index (χ2v) is 3.18. The summed E-state index contributed by atoms with van der Waals surface area (Å²) < 4.78 is 22.1. The molecule has 0 radical (unpaired) electrons. The van der Waals surface area contributed by atoms with E-state index in [-0.39, 0.29) is 5.91 Å². The average Bonchev–Trinajstić information content (AvgIpc) is 2.28. The maximum absolute atomic E-state index is 11.8. The van der Waals surface area contributed by atoms with Gasteiger partial charge in [-0.15, -0.1) is 0 Å². The van der Waals surface area contributed by atoms with Crippen LogP contribution in [-0.2, 0) is 0 Å². The molecule has 1 amide bonds. The van der Waals surface area contributed by atoms with Gasteiger partial charge in [0.25, 0.3) is 5.91 Å². The Morgan fingerprint density at radius 2 is 2.21 bits per heavy atom. The number of rotatable bonds is 4. The summed E-state index contributed by atoms with van der Waals surface area (Å²) >= 11 is 0. The minimum Gasteiger partial charge on any atom is -0.350 e. The first-order valence-corrected chi connectivity index (χ1v) is 4.81. The van der Waals surface area contributed by atoms with Crippen molar-refractivity contribution in [2.75, 3.05) is 0 Å². The Kier molecular flexibility index (Phi) is 2.73. The third kappa shape index (κ3) is 3.21. The monoisotopic (exact) mass is 194 g/mol. The van der Waals surface area contributed by atoms with Gasteiger partial charge >= 0.3 is 0 Å². The molecule has 0 bridgehead atoms. The lowest BCUT2D eigenvalue weighted by molar-refractivity contribution is 0.0938. The van der Waals surface area contributed by atoms with Crippen molar-refractivity contribution in [3.8, 4) is 0 Å². The predicted molar refractivity (Wildman–Crippen MR) is 58.3 cm³/mol. The molecule has 1 aromatic carbocycles. The molecule has 14 heavy (non-hydrogen) atoms. The third-order valence-corrected chi connectivity index (χ3v) is 1.92. The van der Waals surface area contributed by atoms with E-state index in [9.17, 15) is 4.79 Å². The van der Waals surface area contributed by atoms with Crippen LogP contribution in [0.5, 0.6) is 0 Å². The fourth-order valence-electron chi connectivity index (χ4n) is 1.19. The first-order valence-electron chi connectivity index (χ1n) is 6.31. The summed E-state index contributed by atoms with van der Waals surface area (Å²) in [5.74, 6) is -0.333. The van der Waals surface area contributed by atoms with E-state index in [4.69, 9.17) is 4.11 Å². The van der Waals surface area contributed by atoms with Crippen molar-refractivity contribution >= 4 is 5.91 Å². The van der Waals surface area contributed by atoms with Gasteiger partial charge in [0.2, 0.25) is 0 Å². The Morgan fingerprint density at radius 3 is 2.79 bits per heavy atom. The van der Waals surface area contributed by atoms with Crippen molar-refractivity contribution in [3.05, 3.63) is 35.9 Å². The first-order chi connectivity index (χ1) is 7.95. The Morgan fingerprint density at radius 1 is 1.50 bits per heavy atom. The van der Waals surface area contributed by atoms with Gasteiger partial charge in [-0.05, 0) is 25.4 Å². The zero-order valence-electron chi connectivity index (χ0n) is 11.3. The van der Waals surface area contributed by atoms with Gasteiger partial charge in [-0.3, -0.25) is 4.79 Å². The molecule has 0 aromatic heterocycles. The molecular weight excluding hydrogens is 174 g/mol. The summed E-state index contributed by atoms with van der Waals surface area (Å²) in [4.78, 5) is 11.8. The summed E-state index contributed by atoms with van der Waals surface area (Å²) in [6.45, 7) is -0.256. The number of carbonyl (C=O) groups is 1. The van der Waals surface area contributed by atoms with Crippen molar-refractivity contribution < 1.29 is 8.91 Å². The van der Waals surface area contributed by atoms with E-state index in [0.717, 1.165) is 6.42 Å². The highest BCUT2D eigenvalue weighted by molar-refractivity contribution is 5.94. The van der Waals surface area contributed by atoms with Crippen molar-refractivity contribution in [2.45, 2.75) is 32.7 Å². The quantitative estimate of drug-likeness (QED) is 0.784. The lowest BCUT2D eigenvalue weighted by Crippen LogP contribution is -2.32. The molecule has 2 nitrogen and oxygen atoms in total. The van der Waals surface area contributed by atoms with Gasteiger partial charge < -0.3 is 5.32 Å². The molecule has 1 aromatic rings. The molecule has 1 N–H and O–H groups in total. The fourth-order valence-corrected chi connectivity index (χ4v) is 1.19. The Labute approximate surface area is 89.5 Å². The number of amides is 1. The maximum Gasteiger partial charge on any atom is 0.251 e. The zero-order chi connectivity index (χ0) is 12.9. The topological polar surface area (TPSA) is 29.1 Å². The molecule has 0 unspecified atom stereocenters. The van der Waals surface area contributed by atoms with E-state index in [1.807, 2.05) is 13.0 Å². The number of hydrogen-bond acceptors (Lipinski definition) is 1. The van der Waals surface area contributed by atoms with Gasteiger partial charge in [-0.25, -0.2) is 0 Å². The predicted octanol–water partition coefficient (Wildman–Crippen LogP) is 2.61. The summed E-state index contributed by atoms with van der Waals surface area (Å²) in [5.41, 5.74) is 0.484. The van der Waals surface area contributed by atoms with Gasteiger partial charge in [-0.1, -0.05) is 31.5 Å². The highest BCUT2D eigenvalue weighted by Gasteiger charge is 2.07. The molecule has 1 rings (SSSR count). The smallest absolute Gasteiger partial charge is 0.251 e. The van der Waals surface area contributed by atoms with Crippen LogP contribution in [0.2, 0.25) is 0 Å². The van der Waals surface area contributed by atoms with Crippen molar-refractivity contribution in [2.24, 2.45) is 0 Å². The molecule has 0 aliphatic rings. The van der Waals surface area contributed by atoms with E-state index >= 15 is 0 Å². The van der Waals surface area contributed by atoms with Crippen molar-refractivity contribution in [1.29, 1.82) is 0 Å². The Hall–Kier alpha value is -1.31. The highest BCUT2D eigenvalue weighted by Crippen LogP contribution is 2.01. The second-order valence-electron chi connectivity index (χ2n) is 3.18. The van der Waals surface area contributed by atoms with Crippen LogP contribution in [0.1, 0.15) is 41.1 Å². The standard InChI is InChI=1S/C12H17NO/c1-3-7-10(2)13-12(14)11-8-5-4-6-9-11/h4-6,8-10H,3,7H2,1-2H3,(H,13,14)/t10-/m1/s1/i2D3. The number of hydrogen-bond donors (Lipinski definition) is 1. The van der Waals surface area contributed by atoms with Crippen LogP contribution in [0.25, 0.3) is 0 Å². The molecule has 0 fully saturated rings. The Bertz CT molecular complexity index is 362. The van der Waals surface area contributed by atoms with Gasteiger partial charge in [0.05, 0.1) is 0 Å². The van der Waals surface area contributed by atoms with Crippen LogP contribution in [0.3, 0.4) is 0 Å². The SMILES string of the molecule is [2H]C([2H])([2H])[C@H](CCC)NC(=O)c1ccccc1. The van der Waals surface area contributed by atoms with Crippen LogP contribution in [-0.4, -0.2) is 11.9 Å². The normalized spacial score (nSPS) is 16.2. The van der Waals surface area contributed by atoms with Crippen LogP contribution >= 0.6 is 0 Å². The second kappa shape index (κ2) is 5.43. The number of carbonyl (C=O) groups excluding carboxylic acids is 1. The van der Waals surface area contributed by atoms with E-state index in [0.29, 0.717) is 12.0 Å². The molecule has 76 valence electrons. The lowest BCUT2D eigenvalue weighted by Gasteiger charge is -2.12. The fraction of sp³-hybridized carbons (Fsp3) is 0.417. The van der Waals surface area contributed by atoms with Crippen LogP contribution in [0, 0.1) is 0 Å². The molecule has 0 heterocycles. The minimum atomic E-state index is -2.15. The van der Waals surface area contributed by atoms with Crippen molar-refractivity contribution in [1.82, 2.24) is 5.32 Å². The molecular formula is C12H17NO. The summed E-state index contributed by atoms with van der Waals surface area (Å²) in [5, 5.41) is 2.57. The molecule has 1 atom stereocenters. The Balaban J connectivity index is 2.71. The van der Waals surface area contributed by atoms with Gasteiger partial charge in [0.1, 0.15) is 0 Å². The van der Waals surface area contributed by atoms with E-state index in [1.54, 1.807) is 24.3 Å². The molecule has 0 saturated heterocycles. The molecule has 0 aliphatic heterocycles. The number of nitrogens with one attached hydrogen (secondary N) is 1. The lowest BCUT2D eigenvalue weighted by atomic mass is 10.1.